The van der Waals surface area contributed by atoms with Gasteiger partial charge in [0, 0.05) is 50.5 Å². The number of aliphatic hydroxyl groups excluding tert-OH is 1. The first-order valence-corrected chi connectivity index (χ1v) is 15.5. The van der Waals surface area contributed by atoms with E-state index in [1.54, 1.807) is 0 Å². The van der Waals surface area contributed by atoms with Gasteiger partial charge in [-0.2, -0.15) is 0 Å². The van der Waals surface area contributed by atoms with Crippen molar-refractivity contribution < 1.29 is 43.3 Å². The molecular formula is C30H43N7O12. The van der Waals surface area contributed by atoms with E-state index in [-0.39, 0.29) is 57.2 Å². The summed E-state index contributed by atoms with van der Waals surface area (Å²) in [7, 11) is 0. The maximum atomic E-state index is 13.0. The van der Waals surface area contributed by atoms with E-state index >= 15 is 0 Å². The molecule has 0 aromatic carbocycles. The molecule has 0 saturated heterocycles. The molecule has 6 amide bonds. The van der Waals surface area contributed by atoms with E-state index in [0.717, 1.165) is 9.80 Å². The van der Waals surface area contributed by atoms with Gasteiger partial charge in [0.25, 0.3) is 23.6 Å². The Hall–Kier alpha value is -5.33. The molecule has 2 aliphatic rings. The third-order valence-electron chi connectivity index (χ3n) is 7.26. The summed E-state index contributed by atoms with van der Waals surface area (Å²) in [4.78, 5) is 111. The Bertz CT molecular complexity index is 1460. The van der Waals surface area contributed by atoms with E-state index in [1.165, 1.54) is 24.3 Å². The van der Waals surface area contributed by atoms with Crippen molar-refractivity contribution in [3.8, 4) is 0 Å². The zero-order valence-electron chi connectivity index (χ0n) is 26.3. The SMILES string of the molecule is C.O=C(NCCCCCN1C(=O)C=CC1=O)OCCn1c(=O)n(CCO)c(=O)n(CCOC(=O)NCCCCCN2C(=O)C=CC2=O)c1=O. The van der Waals surface area contributed by atoms with Crippen LogP contribution in [0.25, 0.3) is 0 Å². The topological polar surface area (TPSA) is 238 Å². The highest BCUT2D eigenvalue weighted by Gasteiger charge is 2.23. The number of imide groups is 2. The molecule has 0 aliphatic carbocycles. The van der Waals surface area contributed by atoms with E-state index in [0.29, 0.717) is 52.2 Å². The van der Waals surface area contributed by atoms with Gasteiger partial charge < -0.3 is 25.2 Å². The fourth-order valence-corrected chi connectivity index (χ4v) is 4.75. The fourth-order valence-electron chi connectivity index (χ4n) is 4.75. The van der Waals surface area contributed by atoms with E-state index in [1.807, 2.05) is 0 Å². The van der Waals surface area contributed by atoms with Crippen LogP contribution in [-0.4, -0.2) is 110 Å². The van der Waals surface area contributed by atoms with Crippen LogP contribution in [0.2, 0.25) is 0 Å². The molecule has 49 heavy (non-hydrogen) atoms. The van der Waals surface area contributed by atoms with Crippen molar-refractivity contribution >= 4 is 35.8 Å². The van der Waals surface area contributed by atoms with Crippen molar-refractivity contribution in [1.82, 2.24) is 34.1 Å². The second-order valence-corrected chi connectivity index (χ2v) is 10.6. The van der Waals surface area contributed by atoms with Crippen LogP contribution < -0.4 is 27.7 Å². The summed E-state index contributed by atoms with van der Waals surface area (Å²) in [6.07, 6.45) is 6.64. The van der Waals surface area contributed by atoms with Crippen LogP contribution in [0.1, 0.15) is 46.0 Å². The Morgan fingerprint density at radius 2 is 0.878 bits per heavy atom. The van der Waals surface area contributed by atoms with Gasteiger partial charge in [-0.1, -0.05) is 7.43 Å². The van der Waals surface area contributed by atoms with Crippen LogP contribution in [0.4, 0.5) is 9.59 Å². The van der Waals surface area contributed by atoms with Crippen LogP contribution in [0.3, 0.4) is 0 Å². The summed E-state index contributed by atoms with van der Waals surface area (Å²) >= 11 is 0. The molecule has 0 radical (unpaired) electrons. The Morgan fingerprint density at radius 1 is 0.531 bits per heavy atom. The zero-order valence-corrected chi connectivity index (χ0v) is 26.3. The van der Waals surface area contributed by atoms with Crippen molar-refractivity contribution in [3.05, 3.63) is 55.8 Å². The second kappa shape index (κ2) is 20.1. The average molecular weight is 694 g/mol. The number of ether oxygens (including phenoxy) is 2. The van der Waals surface area contributed by atoms with Crippen molar-refractivity contribution in [2.75, 3.05) is 46.0 Å². The van der Waals surface area contributed by atoms with E-state index in [2.05, 4.69) is 10.6 Å². The molecule has 1 aromatic heterocycles. The first kappa shape index (κ1) is 39.8. The number of carbonyl (C=O) groups is 6. The number of aliphatic hydroxyl groups is 1. The largest absolute Gasteiger partial charge is 0.448 e. The minimum Gasteiger partial charge on any atom is -0.448 e. The van der Waals surface area contributed by atoms with E-state index < -0.39 is 68.7 Å². The van der Waals surface area contributed by atoms with E-state index in [9.17, 15) is 48.3 Å². The highest BCUT2D eigenvalue weighted by atomic mass is 16.6. The lowest BCUT2D eigenvalue weighted by Crippen LogP contribution is -2.55. The number of nitrogens with zero attached hydrogens (tertiary/aromatic N) is 5. The van der Waals surface area contributed by atoms with Crippen LogP contribution in [0.5, 0.6) is 0 Å². The molecule has 3 N–H and O–H groups in total. The number of hydrogen-bond donors (Lipinski definition) is 3. The van der Waals surface area contributed by atoms with Crippen molar-refractivity contribution in [1.29, 1.82) is 0 Å². The lowest BCUT2D eigenvalue weighted by molar-refractivity contribution is -0.138. The Kier molecular flexibility index (Phi) is 16.4. The molecule has 0 unspecified atom stereocenters. The van der Waals surface area contributed by atoms with Crippen LogP contribution in [0.15, 0.2) is 38.7 Å². The van der Waals surface area contributed by atoms with Gasteiger partial charge in [-0.05, 0) is 38.5 Å². The number of nitrogens with one attached hydrogen (secondary N) is 2. The molecule has 270 valence electrons. The van der Waals surface area contributed by atoms with Gasteiger partial charge in [0.15, 0.2) is 0 Å². The third kappa shape index (κ3) is 11.7. The van der Waals surface area contributed by atoms with Crippen LogP contribution >= 0.6 is 0 Å². The van der Waals surface area contributed by atoms with Crippen LogP contribution in [0, 0.1) is 0 Å². The fraction of sp³-hybridized carbons (Fsp3) is 0.567. The zero-order chi connectivity index (χ0) is 35.1. The standard InChI is InChI=1S/C29H39N7O12.CH4/c37-18-15-34-27(44)35(16-19-47-25(42)30-11-3-1-5-13-32-21(38)7-8-22(32)39)29(46)36(28(34)45)17-20-48-26(43)31-12-4-2-6-14-33-23(40)9-10-24(33)41;/h7-10,37H,1-6,11-20H2,(H,30,42)(H,31,43);1H4. The van der Waals surface area contributed by atoms with Gasteiger partial charge in [-0.25, -0.2) is 37.7 Å². The maximum absolute atomic E-state index is 13.0. The van der Waals surface area contributed by atoms with Gasteiger partial charge >= 0.3 is 29.3 Å². The summed E-state index contributed by atoms with van der Waals surface area (Å²) in [5.41, 5.74) is -3.06. The molecule has 19 nitrogen and oxygen atoms in total. The molecule has 3 heterocycles. The maximum Gasteiger partial charge on any atom is 0.407 e. The summed E-state index contributed by atoms with van der Waals surface area (Å²) < 4.78 is 12.0. The minimum atomic E-state index is -1.03. The Balaban J connectivity index is 0.00000833. The van der Waals surface area contributed by atoms with Crippen molar-refractivity contribution in [2.45, 2.75) is 65.6 Å². The van der Waals surface area contributed by atoms with Gasteiger partial charge in [0.05, 0.1) is 26.2 Å². The normalized spacial score (nSPS) is 13.7. The lowest BCUT2D eigenvalue weighted by atomic mass is 10.2. The second-order valence-electron chi connectivity index (χ2n) is 10.6. The molecular weight excluding hydrogens is 650 g/mol. The number of alkyl carbamates (subject to hydrolysis) is 2. The molecule has 19 heteroatoms. The predicted octanol–water partition coefficient (Wildman–Crippen LogP) is -1.56. The average Bonchev–Trinajstić information content (AvgIpc) is 3.55. The number of carbonyl (C=O) groups excluding carboxylic acids is 6. The molecule has 1 aromatic rings. The molecule has 0 spiro atoms. The number of hydrogen-bond acceptors (Lipinski definition) is 12. The number of rotatable bonds is 20. The third-order valence-corrected chi connectivity index (χ3v) is 7.26. The number of unbranched alkanes of at least 4 members (excludes halogenated alkanes) is 4. The lowest BCUT2D eigenvalue weighted by Gasteiger charge is -2.14. The first-order chi connectivity index (χ1) is 23.0. The molecule has 0 bridgehead atoms. The number of amides is 6. The van der Waals surface area contributed by atoms with Gasteiger partial charge in [0.1, 0.15) is 13.2 Å². The summed E-state index contributed by atoms with van der Waals surface area (Å²) in [5, 5.41) is 14.3. The monoisotopic (exact) mass is 693 g/mol. The smallest absolute Gasteiger partial charge is 0.407 e. The summed E-state index contributed by atoms with van der Waals surface area (Å²) in [6.45, 7) is -1.57. The van der Waals surface area contributed by atoms with Crippen molar-refractivity contribution in [2.24, 2.45) is 0 Å². The minimum absolute atomic E-state index is 0. The highest BCUT2D eigenvalue weighted by Crippen LogP contribution is 2.07. The summed E-state index contributed by atoms with van der Waals surface area (Å²) in [5.74, 6) is -1.43. The van der Waals surface area contributed by atoms with Gasteiger partial charge in [-0.3, -0.25) is 29.0 Å². The van der Waals surface area contributed by atoms with E-state index in [4.69, 9.17) is 9.47 Å². The summed E-state index contributed by atoms with van der Waals surface area (Å²) in [6, 6.07) is 0. The first-order valence-electron chi connectivity index (χ1n) is 15.5. The molecule has 0 saturated carbocycles. The molecule has 0 fully saturated rings. The van der Waals surface area contributed by atoms with Crippen LogP contribution in [-0.2, 0) is 48.3 Å². The van der Waals surface area contributed by atoms with Gasteiger partial charge in [0.2, 0.25) is 0 Å². The van der Waals surface area contributed by atoms with Crippen molar-refractivity contribution in [3.63, 3.8) is 0 Å². The van der Waals surface area contributed by atoms with Gasteiger partial charge in [-0.15, -0.1) is 0 Å². The Morgan fingerprint density at radius 3 is 1.22 bits per heavy atom. The predicted molar refractivity (Wildman–Crippen MR) is 171 cm³/mol. The molecule has 3 rings (SSSR count). The Labute approximate surface area is 280 Å². The molecule has 2 aliphatic heterocycles. The molecule has 0 atom stereocenters. The highest BCUT2D eigenvalue weighted by molar-refractivity contribution is 6.13. The quantitative estimate of drug-likeness (QED) is 0.104. The number of aromatic nitrogens is 3.